The smallest absolute Gasteiger partial charge is 0.220 e. The van der Waals surface area contributed by atoms with Gasteiger partial charge in [-0.1, -0.05) is 0 Å². The molecule has 2 rings (SSSR count). The first-order valence-corrected chi connectivity index (χ1v) is 9.32. The monoisotopic (exact) mass is 324 g/mol. The molecule has 5 nitrogen and oxygen atoms in total. The summed E-state index contributed by atoms with van der Waals surface area (Å²) in [5.41, 5.74) is -0.149. The minimum Gasteiger partial charge on any atom is -0.350 e. The molecule has 2 aliphatic rings. The van der Waals surface area contributed by atoms with Crippen molar-refractivity contribution >= 4 is 5.91 Å². The number of likely N-dealkylation sites (N-methyl/N-ethyl adjacent to an activating group) is 1. The highest BCUT2D eigenvalue weighted by molar-refractivity contribution is 5.76. The SMILES string of the molecule is C[C@@H](CCC(=O)NC(C)(C)CN1CCN(C)CC1)N1CCCC1. The van der Waals surface area contributed by atoms with Crippen LogP contribution in [0.4, 0.5) is 0 Å². The Morgan fingerprint density at radius 3 is 2.30 bits per heavy atom. The number of amides is 1. The van der Waals surface area contributed by atoms with Crippen molar-refractivity contribution in [3.05, 3.63) is 0 Å². The molecule has 1 atom stereocenters. The van der Waals surface area contributed by atoms with Gasteiger partial charge in [0.1, 0.15) is 0 Å². The summed E-state index contributed by atoms with van der Waals surface area (Å²) >= 11 is 0. The summed E-state index contributed by atoms with van der Waals surface area (Å²) in [6, 6.07) is 0.531. The van der Waals surface area contributed by atoms with Crippen molar-refractivity contribution in [3.8, 4) is 0 Å². The van der Waals surface area contributed by atoms with Crippen molar-refractivity contribution in [3.63, 3.8) is 0 Å². The first kappa shape index (κ1) is 18.7. The van der Waals surface area contributed by atoms with Crippen LogP contribution in [0.15, 0.2) is 0 Å². The van der Waals surface area contributed by atoms with Gasteiger partial charge in [-0.15, -0.1) is 0 Å². The number of carbonyl (C=O) groups excluding carboxylic acids is 1. The predicted octanol–water partition coefficient (Wildman–Crippen LogP) is 1.39. The van der Waals surface area contributed by atoms with Crippen LogP contribution in [0.2, 0.25) is 0 Å². The lowest BCUT2D eigenvalue weighted by Crippen LogP contribution is -2.55. The van der Waals surface area contributed by atoms with E-state index in [1.807, 2.05) is 0 Å². The van der Waals surface area contributed by atoms with Crippen LogP contribution in [0.3, 0.4) is 0 Å². The summed E-state index contributed by atoms with van der Waals surface area (Å²) in [5.74, 6) is 0.204. The molecule has 2 heterocycles. The Labute approximate surface area is 142 Å². The van der Waals surface area contributed by atoms with E-state index in [2.05, 4.69) is 47.8 Å². The molecule has 1 amide bonds. The van der Waals surface area contributed by atoms with E-state index >= 15 is 0 Å². The standard InChI is InChI=1S/C18H36N4O/c1-16(22-9-5-6-10-22)7-8-17(23)19-18(2,3)15-21-13-11-20(4)12-14-21/h16H,5-15H2,1-4H3,(H,19,23)/t16-/m0/s1. The van der Waals surface area contributed by atoms with Gasteiger partial charge in [0.25, 0.3) is 0 Å². The third-order valence-electron chi connectivity index (χ3n) is 5.25. The van der Waals surface area contributed by atoms with Crippen molar-refractivity contribution in [2.24, 2.45) is 0 Å². The Balaban J connectivity index is 1.68. The Bertz CT molecular complexity index is 371. The molecule has 1 N–H and O–H groups in total. The lowest BCUT2D eigenvalue weighted by Gasteiger charge is -2.38. The number of carbonyl (C=O) groups is 1. The largest absolute Gasteiger partial charge is 0.350 e. The molecule has 2 aliphatic heterocycles. The highest BCUT2D eigenvalue weighted by atomic mass is 16.1. The van der Waals surface area contributed by atoms with Gasteiger partial charge in [-0.3, -0.25) is 9.69 Å². The van der Waals surface area contributed by atoms with Gasteiger partial charge in [0.15, 0.2) is 0 Å². The second kappa shape index (κ2) is 8.45. The van der Waals surface area contributed by atoms with Crippen molar-refractivity contribution in [2.45, 2.75) is 58.0 Å². The van der Waals surface area contributed by atoms with Crippen molar-refractivity contribution in [2.75, 3.05) is 52.9 Å². The minimum atomic E-state index is -0.149. The van der Waals surface area contributed by atoms with Crippen molar-refractivity contribution in [1.29, 1.82) is 0 Å². The molecule has 0 aromatic carbocycles. The molecular weight excluding hydrogens is 288 g/mol. The second-order valence-corrected chi connectivity index (χ2v) is 8.14. The predicted molar refractivity (Wildman–Crippen MR) is 95.7 cm³/mol. The zero-order chi connectivity index (χ0) is 16.9. The van der Waals surface area contributed by atoms with Crippen molar-refractivity contribution < 1.29 is 4.79 Å². The zero-order valence-corrected chi connectivity index (χ0v) is 15.6. The molecule has 2 fully saturated rings. The van der Waals surface area contributed by atoms with Gasteiger partial charge in [0.2, 0.25) is 5.91 Å². The Morgan fingerprint density at radius 2 is 1.70 bits per heavy atom. The summed E-state index contributed by atoms with van der Waals surface area (Å²) in [7, 11) is 2.17. The molecule has 23 heavy (non-hydrogen) atoms. The van der Waals surface area contributed by atoms with Crippen LogP contribution in [0.5, 0.6) is 0 Å². The average molecular weight is 325 g/mol. The topological polar surface area (TPSA) is 38.8 Å². The highest BCUT2D eigenvalue weighted by Gasteiger charge is 2.26. The molecule has 134 valence electrons. The average Bonchev–Trinajstić information content (AvgIpc) is 3.01. The third kappa shape index (κ3) is 6.40. The van der Waals surface area contributed by atoms with Gasteiger partial charge in [-0.05, 0) is 60.2 Å². The summed E-state index contributed by atoms with van der Waals surface area (Å²) < 4.78 is 0. The molecule has 2 saturated heterocycles. The van der Waals surface area contributed by atoms with Gasteiger partial charge in [-0.25, -0.2) is 0 Å². The second-order valence-electron chi connectivity index (χ2n) is 8.14. The van der Waals surface area contributed by atoms with E-state index < -0.39 is 0 Å². The van der Waals surface area contributed by atoms with Crippen molar-refractivity contribution in [1.82, 2.24) is 20.0 Å². The number of nitrogens with one attached hydrogen (secondary N) is 1. The molecule has 0 unspecified atom stereocenters. The van der Waals surface area contributed by atoms with Crippen LogP contribution >= 0.6 is 0 Å². The van der Waals surface area contributed by atoms with E-state index in [9.17, 15) is 4.79 Å². The fourth-order valence-corrected chi connectivity index (χ4v) is 3.75. The normalized spacial score (nSPS) is 23.1. The number of likely N-dealkylation sites (tertiary alicyclic amines) is 1. The molecular formula is C18H36N4O. The lowest BCUT2D eigenvalue weighted by molar-refractivity contribution is -0.123. The number of hydrogen-bond acceptors (Lipinski definition) is 4. The molecule has 0 aromatic heterocycles. The molecule has 0 spiro atoms. The van der Waals surface area contributed by atoms with Crippen LogP contribution in [0.25, 0.3) is 0 Å². The lowest BCUT2D eigenvalue weighted by atomic mass is 10.0. The first-order valence-electron chi connectivity index (χ1n) is 9.32. The van der Waals surface area contributed by atoms with E-state index in [0.29, 0.717) is 12.5 Å². The number of rotatable bonds is 7. The summed E-state index contributed by atoms with van der Waals surface area (Å²) in [6.45, 7) is 14.3. The van der Waals surface area contributed by atoms with Crippen LogP contribution in [-0.4, -0.2) is 85.0 Å². The van der Waals surface area contributed by atoms with Gasteiger partial charge < -0.3 is 15.1 Å². The van der Waals surface area contributed by atoms with E-state index in [0.717, 1.165) is 39.1 Å². The van der Waals surface area contributed by atoms with Crippen LogP contribution in [0, 0.1) is 0 Å². The quantitative estimate of drug-likeness (QED) is 0.768. The molecule has 0 bridgehead atoms. The Kier molecular flexibility index (Phi) is 6.86. The summed E-state index contributed by atoms with van der Waals surface area (Å²) in [6.07, 6.45) is 4.24. The minimum absolute atomic E-state index is 0.149. The summed E-state index contributed by atoms with van der Waals surface area (Å²) in [5, 5.41) is 3.25. The van der Waals surface area contributed by atoms with E-state index in [4.69, 9.17) is 0 Å². The number of hydrogen-bond donors (Lipinski definition) is 1. The van der Waals surface area contributed by atoms with Gasteiger partial charge in [0.05, 0.1) is 0 Å². The number of piperazine rings is 1. The van der Waals surface area contributed by atoms with Crippen LogP contribution < -0.4 is 5.32 Å². The third-order valence-corrected chi connectivity index (χ3v) is 5.25. The fourth-order valence-electron chi connectivity index (χ4n) is 3.75. The Hall–Kier alpha value is -0.650. The van der Waals surface area contributed by atoms with Crippen LogP contribution in [-0.2, 0) is 4.79 Å². The molecule has 0 radical (unpaired) electrons. The molecule has 0 saturated carbocycles. The first-order chi connectivity index (χ1) is 10.9. The Morgan fingerprint density at radius 1 is 1.09 bits per heavy atom. The highest BCUT2D eigenvalue weighted by Crippen LogP contribution is 2.15. The molecule has 0 aromatic rings. The van der Waals surface area contributed by atoms with E-state index in [1.54, 1.807) is 0 Å². The summed E-state index contributed by atoms with van der Waals surface area (Å²) in [4.78, 5) is 19.7. The molecule has 0 aliphatic carbocycles. The molecule has 5 heteroatoms. The maximum atomic E-state index is 12.3. The van der Waals surface area contributed by atoms with E-state index in [1.165, 1.54) is 25.9 Å². The maximum absolute atomic E-state index is 12.3. The van der Waals surface area contributed by atoms with E-state index in [-0.39, 0.29) is 11.4 Å². The zero-order valence-electron chi connectivity index (χ0n) is 15.6. The maximum Gasteiger partial charge on any atom is 0.220 e. The van der Waals surface area contributed by atoms with Gasteiger partial charge in [0, 0.05) is 50.7 Å². The fraction of sp³-hybridized carbons (Fsp3) is 0.944. The van der Waals surface area contributed by atoms with Gasteiger partial charge >= 0.3 is 0 Å². The van der Waals surface area contributed by atoms with Crippen LogP contribution in [0.1, 0.15) is 46.5 Å². The van der Waals surface area contributed by atoms with Gasteiger partial charge in [-0.2, -0.15) is 0 Å². The number of nitrogens with zero attached hydrogens (tertiary/aromatic N) is 3.